The number of aryl methyl sites for hydroxylation is 4. The van der Waals surface area contributed by atoms with Crippen molar-refractivity contribution < 1.29 is 0 Å². The third kappa shape index (κ3) is 2.92. The number of anilines is 1. The van der Waals surface area contributed by atoms with Crippen LogP contribution in [-0.2, 0) is 0 Å². The molecular formula is C16H21N3. The van der Waals surface area contributed by atoms with Gasteiger partial charge in [0.25, 0.3) is 0 Å². The fourth-order valence-corrected chi connectivity index (χ4v) is 2.54. The second-order valence-corrected chi connectivity index (χ2v) is 5.17. The molecule has 0 aliphatic heterocycles. The topological polar surface area (TPSA) is 37.8 Å². The normalized spacial score (nSPS) is 12.3. The van der Waals surface area contributed by atoms with Gasteiger partial charge in [-0.05, 0) is 45.7 Å². The molecule has 0 amide bonds. The molecule has 1 atom stereocenters. The monoisotopic (exact) mass is 255 g/mol. The molecule has 1 aromatic carbocycles. The molecule has 100 valence electrons. The van der Waals surface area contributed by atoms with Gasteiger partial charge in [-0.15, -0.1) is 0 Å². The van der Waals surface area contributed by atoms with E-state index >= 15 is 0 Å². The highest BCUT2D eigenvalue weighted by atomic mass is 15.0. The quantitative estimate of drug-likeness (QED) is 0.904. The van der Waals surface area contributed by atoms with Crippen LogP contribution in [0, 0.1) is 27.7 Å². The first-order chi connectivity index (χ1) is 8.99. The van der Waals surface area contributed by atoms with Crippen molar-refractivity contribution in [3.63, 3.8) is 0 Å². The predicted molar refractivity (Wildman–Crippen MR) is 79.5 cm³/mol. The Labute approximate surface area is 115 Å². The summed E-state index contributed by atoms with van der Waals surface area (Å²) in [6.45, 7) is 10.5. The summed E-state index contributed by atoms with van der Waals surface area (Å²) in [7, 11) is 0. The second kappa shape index (κ2) is 5.39. The van der Waals surface area contributed by atoms with E-state index in [4.69, 9.17) is 0 Å². The lowest BCUT2D eigenvalue weighted by molar-refractivity contribution is 0.807. The number of hydrogen-bond acceptors (Lipinski definition) is 3. The van der Waals surface area contributed by atoms with Crippen LogP contribution in [0.15, 0.2) is 24.5 Å². The van der Waals surface area contributed by atoms with Crippen LogP contribution < -0.4 is 5.32 Å². The number of hydrogen-bond donors (Lipinski definition) is 1. The zero-order chi connectivity index (χ0) is 14.0. The summed E-state index contributed by atoms with van der Waals surface area (Å²) in [5.41, 5.74) is 7.01. The number of aromatic nitrogens is 2. The lowest BCUT2D eigenvalue weighted by Gasteiger charge is -2.20. The standard InChI is InChI=1S/C16H21N3/c1-10-8-11(2)15(12(3)9-10)19-14(5)16-13(4)17-6-7-18-16/h6-9,14,19H,1-5H3. The minimum absolute atomic E-state index is 0.147. The van der Waals surface area contributed by atoms with Gasteiger partial charge in [0.05, 0.1) is 17.4 Å². The maximum absolute atomic E-state index is 4.43. The molecule has 1 N–H and O–H groups in total. The maximum Gasteiger partial charge on any atom is 0.0835 e. The molecule has 2 aromatic rings. The smallest absolute Gasteiger partial charge is 0.0835 e. The number of nitrogens with zero attached hydrogens (tertiary/aromatic N) is 2. The average Bonchev–Trinajstić information content (AvgIpc) is 2.34. The van der Waals surface area contributed by atoms with Crippen molar-refractivity contribution in [2.24, 2.45) is 0 Å². The van der Waals surface area contributed by atoms with E-state index in [0.717, 1.165) is 11.4 Å². The molecule has 0 saturated heterocycles. The summed E-state index contributed by atoms with van der Waals surface area (Å²) >= 11 is 0. The van der Waals surface area contributed by atoms with Gasteiger partial charge in [0.2, 0.25) is 0 Å². The molecule has 0 aliphatic rings. The Morgan fingerprint density at radius 3 is 2.11 bits per heavy atom. The molecular weight excluding hydrogens is 234 g/mol. The van der Waals surface area contributed by atoms with Crippen LogP contribution in [0.2, 0.25) is 0 Å². The summed E-state index contributed by atoms with van der Waals surface area (Å²) in [4.78, 5) is 8.72. The van der Waals surface area contributed by atoms with Gasteiger partial charge < -0.3 is 5.32 Å². The predicted octanol–water partition coefficient (Wildman–Crippen LogP) is 3.88. The highest BCUT2D eigenvalue weighted by molar-refractivity contribution is 5.59. The molecule has 0 spiro atoms. The van der Waals surface area contributed by atoms with Crippen molar-refractivity contribution in [1.82, 2.24) is 9.97 Å². The third-order valence-electron chi connectivity index (χ3n) is 3.37. The number of benzene rings is 1. The van der Waals surface area contributed by atoms with E-state index in [0.29, 0.717) is 0 Å². The largest absolute Gasteiger partial charge is 0.376 e. The van der Waals surface area contributed by atoms with Gasteiger partial charge in [-0.2, -0.15) is 0 Å². The Hall–Kier alpha value is -1.90. The molecule has 0 saturated carbocycles. The molecule has 3 heteroatoms. The van der Waals surface area contributed by atoms with Gasteiger partial charge in [-0.25, -0.2) is 0 Å². The Bertz CT molecular complexity index is 567. The zero-order valence-corrected chi connectivity index (χ0v) is 12.3. The summed E-state index contributed by atoms with van der Waals surface area (Å²) in [6, 6.07) is 4.55. The van der Waals surface area contributed by atoms with E-state index in [2.05, 4.69) is 55.1 Å². The number of rotatable bonds is 3. The van der Waals surface area contributed by atoms with E-state index in [-0.39, 0.29) is 6.04 Å². The molecule has 0 fully saturated rings. The molecule has 2 rings (SSSR count). The van der Waals surface area contributed by atoms with Crippen molar-refractivity contribution in [3.8, 4) is 0 Å². The maximum atomic E-state index is 4.43. The molecule has 0 aliphatic carbocycles. The first-order valence-electron chi connectivity index (χ1n) is 6.61. The van der Waals surface area contributed by atoms with Crippen LogP contribution in [0.3, 0.4) is 0 Å². The Kier molecular flexibility index (Phi) is 3.84. The van der Waals surface area contributed by atoms with E-state index < -0.39 is 0 Å². The minimum atomic E-state index is 0.147. The van der Waals surface area contributed by atoms with Crippen LogP contribution >= 0.6 is 0 Å². The lowest BCUT2D eigenvalue weighted by Crippen LogP contribution is -2.12. The Balaban J connectivity index is 2.29. The lowest BCUT2D eigenvalue weighted by atomic mass is 10.0. The highest BCUT2D eigenvalue weighted by Crippen LogP contribution is 2.26. The average molecular weight is 255 g/mol. The fourth-order valence-electron chi connectivity index (χ4n) is 2.54. The van der Waals surface area contributed by atoms with E-state index in [9.17, 15) is 0 Å². The first-order valence-corrected chi connectivity index (χ1v) is 6.61. The van der Waals surface area contributed by atoms with E-state index in [1.165, 1.54) is 22.4 Å². The highest BCUT2D eigenvalue weighted by Gasteiger charge is 2.12. The summed E-state index contributed by atoms with van der Waals surface area (Å²) in [5.74, 6) is 0. The van der Waals surface area contributed by atoms with Crippen LogP contribution in [0.1, 0.15) is 41.0 Å². The van der Waals surface area contributed by atoms with Gasteiger partial charge in [-0.3, -0.25) is 9.97 Å². The molecule has 0 radical (unpaired) electrons. The van der Waals surface area contributed by atoms with Gasteiger partial charge in [0.1, 0.15) is 0 Å². The van der Waals surface area contributed by atoms with Crippen LogP contribution in [0.4, 0.5) is 5.69 Å². The van der Waals surface area contributed by atoms with Crippen molar-refractivity contribution in [3.05, 3.63) is 52.6 Å². The number of nitrogens with one attached hydrogen (secondary N) is 1. The summed E-state index contributed by atoms with van der Waals surface area (Å²) < 4.78 is 0. The van der Waals surface area contributed by atoms with Crippen molar-refractivity contribution in [2.75, 3.05) is 5.32 Å². The minimum Gasteiger partial charge on any atom is -0.376 e. The van der Waals surface area contributed by atoms with Crippen molar-refractivity contribution in [1.29, 1.82) is 0 Å². The van der Waals surface area contributed by atoms with Gasteiger partial charge in [0.15, 0.2) is 0 Å². The SMILES string of the molecule is Cc1cc(C)c(NC(C)c2nccnc2C)c(C)c1. The van der Waals surface area contributed by atoms with Crippen molar-refractivity contribution >= 4 is 5.69 Å². The van der Waals surface area contributed by atoms with Crippen molar-refractivity contribution in [2.45, 2.75) is 40.7 Å². The van der Waals surface area contributed by atoms with Crippen LogP contribution in [-0.4, -0.2) is 9.97 Å². The van der Waals surface area contributed by atoms with E-state index in [1.807, 2.05) is 6.92 Å². The molecule has 1 aromatic heterocycles. The molecule has 1 heterocycles. The fraction of sp³-hybridized carbons (Fsp3) is 0.375. The molecule has 1 unspecified atom stereocenters. The summed E-state index contributed by atoms with van der Waals surface area (Å²) in [5, 5.41) is 3.56. The third-order valence-corrected chi connectivity index (χ3v) is 3.37. The van der Waals surface area contributed by atoms with E-state index in [1.54, 1.807) is 12.4 Å². The van der Waals surface area contributed by atoms with Gasteiger partial charge >= 0.3 is 0 Å². The van der Waals surface area contributed by atoms with Gasteiger partial charge in [-0.1, -0.05) is 17.7 Å². The molecule has 3 nitrogen and oxygen atoms in total. The van der Waals surface area contributed by atoms with Gasteiger partial charge in [0, 0.05) is 18.1 Å². The second-order valence-electron chi connectivity index (χ2n) is 5.17. The Morgan fingerprint density at radius 2 is 1.53 bits per heavy atom. The van der Waals surface area contributed by atoms with Crippen LogP contribution in [0.5, 0.6) is 0 Å². The molecule has 0 bridgehead atoms. The Morgan fingerprint density at radius 1 is 0.947 bits per heavy atom. The first kappa shape index (κ1) is 13.5. The molecule has 19 heavy (non-hydrogen) atoms. The summed E-state index contributed by atoms with van der Waals surface area (Å²) in [6.07, 6.45) is 3.48. The van der Waals surface area contributed by atoms with Crippen LogP contribution in [0.25, 0.3) is 0 Å². The zero-order valence-electron chi connectivity index (χ0n) is 12.3.